The van der Waals surface area contributed by atoms with Crippen LogP contribution in [-0.2, 0) is 11.2 Å². The molecule has 0 radical (unpaired) electrons. The maximum atomic E-state index is 10.3. The zero-order valence-corrected chi connectivity index (χ0v) is 9.74. The summed E-state index contributed by atoms with van der Waals surface area (Å²) in [6.07, 6.45) is 5.44. The first kappa shape index (κ1) is 12.2. The lowest BCUT2D eigenvalue weighted by atomic mass is 10.2. The van der Waals surface area contributed by atoms with Crippen molar-refractivity contribution < 1.29 is 14.4 Å². The minimum absolute atomic E-state index is 0.172. The van der Waals surface area contributed by atoms with Gasteiger partial charge in [-0.1, -0.05) is 5.16 Å². The zero-order chi connectivity index (χ0) is 12.8. The van der Waals surface area contributed by atoms with E-state index in [0.29, 0.717) is 24.6 Å². The third kappa shape index (κ3) is 3.38. The molecule has 0 unspecified atom stereocenters. The van der Waals surface area contributed by atoms with Crippen LogP contribution in [0.4, 0.5) is 0 Å². The summed E-state index contributed by atoms with van der Waals surface area (Å²) in [6.45, 7) is 0. The Hall–Kier alpha value is -2.24. The molecular weight excluding hydrogens is 234 g/mol. The second-order valence-corrected chi connectivity index (χ2v) is 3.85. The summed E-state index contributed by atoms with van der Waals surface area (Å²) in [5, 5.41) is 12.4. The van der Waals surface area contributed by atoms with Crippen molar-refractivity contribution in [3.63, 3.8) is 0 Å². The minimum atomic E-state index is -0.780. The first-order chi connectivity index (χ1) is 8.75. The van der Waals surface area contributed by atoms with Crippen molar-refractivity contribution in [1.82, 2.24) is 15.1 Å². The number of carboxylic acid groups (broad SMARTS) is 1. The van der Waals surface area contributed by atoms with Crippen molar-refractivity contribution in [3.8, 4) is 11.4 Å². The summed E-state index contributed by atoms with van der Waals surface area (Å²) in [6, 6.07) is 3.61. The fourth-order valence-electron chi connectivity index (χ4n) is 1.53. The van der Waals surface area contributed by atoms with E-state index < -0.39 is 5.97 Å². The molecule has 0 aliphatic heterocycles. The van der Waals surface area contributed by atoms with Crippen LogP contribution in [0.3, 0.4) is 0 Å². The van der Waals surface area contributed by atoms with Gasteiger partial charge < -0.3 is 9.63 Å². The van der Waals surface area contributed by atoms with Gasteiger partial charge in [0, 0.05) is 30.8 Å². The van der Waals surface area contributed by atoms with Crippen LogP contribution in [-0.4, -0.2) is 26.2 Å². The molecule has 6 nitrogen and oxygen atoms in total. The van der Waals surface area contributed by atoms with E-state index in [9.17, 15) is 4.79 Å². The molecule has 2 rings (SSSR count). The quantitative estimate of drug-likeness (QED) is 0.784. The van der Waals surface area contributed by atoms with E-state index in [-0.39, 0.29) is 6.42 Å². The number of nitrogens with zero attached hydrogens (tertiary/aromatic N) is 3. The molecule has 0 bridgehead atoms. The summed E-state index contributed by atoms with van der Waals surface area (Å²) in [5.41, 5.74) is 0.852. The molecule has 0 amide bonds. The monoisotopic (exact) mass is 247 g/mol. The van der Waals surface area contributed by atoms with Crippen LogP contribution >= 0.6 is 0 Å². The van der Waals surface area contributed by atoms with Crippen LogP contribution in [0, 0.1) is 0 Å². The Morgan fingerprint density at radius 2 is 2.06 bits per heavy atom. The van der Waals surface area contributed by atoms with E-state index in [2.05, 4.69) is 15.1 Å². The Kier molecular flexibility index (Phi) is 4.01. The highest BCUT2D eigenvalue weighted by atomic mass is 16.5. The highest BCUT2D eigenvalue weighted by Crippen LogP contribution is 2.15. The van der Waals surface area contributed by atoms with E-state index in [4.69, 9.17) is 9.63 Å². The van der Waals surface area contributed by atoms with Gasteiger partial charge in [0.25, 0.3) is 0 Å². The molecular formula is C12H13N3O3. The first-order valence-electron chi connectivity index (χ1n) is 5.70. The standard InChI is InChI=1S/C12H13N3O3/c16-11(17)4-2-1-3-10-14-12(15-18-10)9-5-7-13-8-6-9/h5-8H,1-4H2,(H,16,17). The maximum absolute atomic E-state index is 10.3. The number of pyridine rings is 1. The maximum Gasteiger partial charge on any atom is 0.303 e. The average Bonchev–Trinajstić information content (AvgIpc) is 2.84. The molecule has 18 heavy (non-hydrogen) atoms. The number of unbranched alkanes of at least 4 members (excludes halogenated alkanes) is 1. The molecule has 0 fully saturated rings. The average molecular weight is 247 g/mol. The molecule has 0 atom stereocenters. The number of hydrogen-bond donors (Lipinski definition) is 1. The second kappa shape index (κ2) is 5.90. The van der Waals surface area contributed by atoms with Crippen molar-refractivity contribution >= 4 is 5.97 Å². The summed E-state index contributed by atoms with van der Waals surface area (Å²) in [4.78, 5) is 18.5. The highest BCUT2D eigenvalue weighted by molar-refractivity contribution is 5.66. The molecule has 2 aromatic rings. The smallest absolute Gasteiger partial charge is 0.303 e. The van der Waals surface area contributed by atoms with Crippen molar-refractivity contribution in [1.29, 1.82) is 0 Å². The Bertz CT molecular complexity index is 510. The fourth-order valence-corrected chi connectivity index (χ4v) is 1.53. The summed E-state index contributed by atoms with van der Waals surface area (Å²) >= 11 is 0. The number of aliphatic carboxylic acids is 1. The van der Waals surface area contributed by atoms with Crippen LogP contribution in [0.1, 0.15) is 25.2 Å². The zero-order valence-electron chi connectivity index (χ0n) is 9.74. The van der Waals surface area contributed by atoms with Gasteiger partial charge in [-0.15, -0.1) is 0 Å². The molecule has 94 valence electrons. The summed E-state index contributed by atoms with van der Waals surface area (Å²) in [7, 11) is 0. The Balaban J connectivity index is 1.89. The summed E-state index contributed by atoms with van der Waals surface area (Å²) < 4.78 is 5.10. The summed E-state index contributed by atoms with van der Waals surface area (Å²) in [5.74, 6) is 0.288. The number of aryl methyl sites for hydroxylation is 1. The molecule has 0 spiro atoms. The lowest BCUT2D eigenvalue weighted by Gasteiger charge is -1.93. The topological polar surface area (TPSA) is 89.1 Å². The van der Waals surface area contributed by atoms with Gasteiger partial charge in [-0.25, -0.2) is 0 Å². The van der Waals surface area contributed by atoms with Crippen molar-refractivity contribution in [2.45, 2.75) is 25.7 Å². The molecule has 0 saturated heterocycles. The predicted molar refractivity (Wildman–Crippen MR) is 62.7 cm³/mol. The van der Waals surface area contributed by atoms with Crippen LogP contribution in [0.5, 0.6) is 0 Å². The SMILES string of the molecule is O=C(O)CCCCc1nc(-c2ccncc2)no1. The van der Waals surface area contributed by atoms with Crippen LogP contribution < -0.4 is 0 Å². The first-order valence-corrected chi connectivity index (χ1v) is 5.70. The number of carboxylic acids is 1. The highest BCUT2D eigenvalue weighted by Gasteiger charge is 2.08. The second-order valence-electron chi connectivity index (χ2n) is 3.85. The largest absolute Gasteiger partial charge is 0.481 e. The van der Waals surface area contributed by atoms with Gasteiger partial charge in [-0.3, -0.25) is 9.78 Å². The Morgan fingerprint density at radius 1 is 1.28 bits per heavy atom. The van der Waals surface area contributed by atoms with Crippen molar-refractivity contribution in [3.05, 3.63) is 30.4 Å². The molecule has 2 heterocycles. The van der Waals surface area contributed by atoms with Crippen LogP contribution in [0.25, 0.3) is 11.4 Å². The van der Waals surface area contributed by atoms with Gasteiger partial charge in [-0.05, 0) is 25.0 Å². The fraction of sp³-hybridized carbons (Fsp3) is 0.333. The molecule has 0 aromatic carbocycles. The van der Waals surface area contributed by atoms with Crippen LogP contribution in [0.2, 0.25) is 0 Å². The van der Waals surface area contributed by atoms with Gasteiger partial charge >= 0.3 is 5.97 Å². The van der Waals surface area contributed by atoms with Gasteiger partial charge in [0.05, 0.1) is 0 Å². The van der Waals surface area contributed by atoms with Gasteiger partial charge in [0.15, 0.2) is 0 Å². The Labute approximate surface area is 104 Å². The van der Waals surface area contributed by atoms with E-state index in [0.717, 1.165) is 12.0 Å². The lowest BCUT2D eigenvalue weighted by Crippen LogP contribution is -1.95. The molecule has 6 heteroatoms. The molecule has 0 aliphatic carbocycles. The number of rotatable bonds is 6. The van der Waals surface area contributed by atoms with E-state index in [1.54, 1.807) is 24.5 Å². The number of hydrogen-bond acceptors (Lipinski definition) is 5. The minimum Gasteiger partial charge on any atom is -0.481 e. The Morgan fingerprint density at radius 3 is 2.78 bits per heavy atom. The number of carbonyl (C=O) groups is 1. The molecule has 2 aromatic heterocycles. The van der Waals surface area contributed by atoms with Gasteiger partial charge in [0.2, 0.25) is 11.7 Å². The number of aromatic nitrogens is 3. The lowest BCUT2D eigenvalue weighted by molar-refractivity contribution is -0.137. The van der Waals surface area contributed by atoms with E-state index in [1.807, 2.05) is 0 Å². The van der Waals surface area contributed by atoms with Crippen molar-refractivity contribution in [2.24, 2.45) is 0 Å². The normalized spacial score (nSPS) is 10.4. The third-order valence-electron chi connectivity index (χ3n) is 2.44. The molecule has 0 aliphatic rings. The van der Waals surface area contributed by atoms with Crippen molar-refractivity contribution in [2.75, 3.05) is 0 Å². The van der Waals surface area contributed by atoms with E-state index >= 15 is 0 Å². The van der Waals surface area contributed by atoms with Gasteiger partial charge in [-0.2, -0.15) is 4.98 Å². The third-order valence-corrected chi connectivity index (χ3v) is 2.44. The predicted octanol–water partition coefficient (Wildman–Crippen LogP) is 1.93. The molecule has 0 saturated carbocycles. The van der Waals surface area contributed by atoms with Gasteiger partial charge in [0.1, 0.15) is 0 Å². The molecule has 1 N–H and O–H groups in total. The van der Waals surface area contributed by atoms with E-state index in [1.165, 1.54) is 0 Å². The van der Waals surface area contributed by atoms with Crippen LogP contribution in [0.15, 0.2) is 29.0 Å².